The van der Waals surface area contributed by atoms with Gasteiger partial charge in [0.15, 0.2) is 5.84 Å². The number of rotatable bonds is 1. The van der Waals surface area contributed by atoms with Gasteiger partial charge in [-0.25, -0.2) is 4.39 Å². The topological polar surface area (TPSA) is 58.6 Å². The Bertz CT molecular complexity index is 537. The average Bonchev–Trinajstić information content (AvgIpc) is 2.29. The zero-order valence-corrected chi connectivity index (χ0v) is 7.81. The highest BCUT2D eigenvalue weighted by molar-refractivity contribution is 6.08. The lowest BCUT2D eigenvalue weighted by Gasteiger charge is -2.05. The molecule has 0 fully saturated rings. The minimum Gasteiger partial charge on any atom is -0.409 e. The van der Waals surface area contributed by atoms with E-state index in [0.717, 1.165) is 0 Å². The molecule has 2 rings (SSSR count). The van der Waals surface area contributed by atoms with Gasteiger partial charge in [0.25, 0.3) is 0 Å². The number of nitrogens with zero attached hydrogens (tertiary/aromatic N) is 1. The Kier molecular flexibility index (Phi) is 2.25. The molecular weight excluding hydrogens is 195 g/mol. The molecule has 0 unspecified atom stereocenters. The Labute approximate surface area is 85.6 Å². The second-order valence-corrected chi connectivity index (χ2v) is 3.13. The van der Waals surface area contributed by atoms with E-state index in [9.17, 15) is 4.39 Å². The highest BCUT2D eigenvalue weighted by atomic mass is 19.1. The summed E-state index contributed by atoms with van der Waals surface area (Å²) in [6, 6.07) is 9.68. The Morgan fingerprint density at radius 3 is 2.47 bits per heavy atom. The third-order valence-corrected chi connectivity index (χ3v) is 2.25. The molecule has 76 valence electrons. The summed E-state index contributed by atoms with van der Waals surface area (Å²) in [6.45, 7) is 0. The predicted octanol–water partition coefficient (Wildman–Crippen LogP) is 2.07. The van der Waals surface area contributed by atoms with Crippen molar-refractivity contribution in [1.29, 1.82) is 0 Å². The van der Waals surface area contributed by atoms with Gasteiger partial charge in [0.05, 0.1) is 0 Å². The van der Waals surface area contributed by atoms with Gasteiger partial charge in [0, 0.05) is 10.9 Å². The van der Waals surface area contributed by atoms with Crippen molar-refractivity contribution in [2.75, 3.05) is 0 Å². The van der Waals surface area contributed by atoms with E-state index in [0.29, 0.717) is 16.3 Å². The van der Waals surface area contributed by atoms with Crippen molar-refractivity contribution >= 4 is 16.6 Å². The number of oxime groups is 1. The summed E-state index contributed by atoms with van der Waals surface area (Å²) in [6.07, 6.45) is 0. The van der Waals surface area contributed by atoms with Crippen molar-refractivity contribution in [3.63, 3.8) is 0 Å². The summed E-state index contributed by atoms with van der Waals surface area (Å²) in [5, 5.41) is 12.6. The number of nitrogens with two attached hydrogens (primary N) is 1. The smallest absolute Gasteiger partial charge is 0.170 e. The first-order valence-corrected chi connectivity index (χ1v) is 4.39. The third-order valence-electron chi connectivity index (χ3n) is 2.25. The first kappa shape index (κ1) is 9.45. The van der Waals surface area contributed by atoms with E-state index in [1.807, 2.05) is 0 Å². The van der Waals surface area contributed by atoms with Crippen LogP contribution in [0.5, 0.6) is 0 Å². The summed E-state index contributed by atoms with van der Waals surface area (Å²) in [5.74, 6) is -0.341. The number of fused-ring (bicyclic) bond motifs is 1. The normalized spacial score (nSPS) is 11.9. The fourth-order valence-corrected chi connectivity index (χ4v) is 1.54. The average molecular weight is 204 g/mol. The molecule has 0 heterocycles. The van der Waals surface area contributed by atoms with Crippen LogP contribution in [0.4, 0.5) is 4.39 Å². The van der Waals surface area contributed by atoms with E-state index in [1.165, 1.54) is 12.1 Å². The standard InChI is InChI=1S/C11H9FN2O/c12-10-6-5-9(11(13)14-15)7-3-1-2-4-8(7)10/h1-6,15H,(H2,13,14). The summed E-state index contributed by atoms with van der Waals surface area (Å²) in [5.41, 5.74) is 6.01. The maximum absolute atomic E-state index is 13.4. The number of benzene rings is 2. The Balaban J connectivity index is 2.83. The van der Waals surface area contributed by atoms with E-state index in [4.69, 9.17) is 10.9 Å². The van der Waals surface area contributed by atoms with Gasteiger partial charge in [-0.15, -0.1) is 0 Å². The van der Waals surface area contributed by atoms with Crippen molar-refractivity contribution in [2.45, 2.75) is 0 Å². The Morgan fingerprint density at radius 1 is 1.13 bits per heavy atom. The zero-order chi connectivity index (χ0) is 10.8. The van der Waals surface area contributed by atoms with Gasteiger partial charge >= 0.3 is 0 Å². The molecular formula is C11H9FN2O. The summed E-state index contributed by atoms with van der Waals surface area (Å²) in [4.78, 5) is 0. The summed E-state index contributed by atoms with van der Waals surface area (Å²) >= 11 is 0. The molecule has 0 spiro atoms. The molecule has 0 saturated heterocycles. The zero-order valence-electron chi connectivity index (χ0n) is 7.81. The lowest BCUT2D eigenvalue weighted by Crippen LogP contribution is -2.13. The molecule has 0 amide bonds. The molecule has 0 aliphatic rings. The number of amidine groups is 1. The highest BCUT2D eigenvalue weighted by Crippen LogP contribution is 2.21. The molecule has 0 aliphatic heterocycles. The summed E-state index contributed by atoms with van der Waals surface area (Å²) in [7, 11) is 0. The van der Waals surface area contributed by atoms with Crippen LogP contribution in [-0.4, -0.2) is 11.0 Å². The van der Waals surface area contributed by atoms with E-state index >= 15 is 0 Å². The van der Waals surface area contributed by atoms with Gasteiger partial charge in [0.2, 0.25) is 0 Å². The predicted molar refractivity (Wildman–Crippen MR) is 56.4 cm³/mol. The fraction of sp³-hybridized carbons (Fsp3) is 0. The molecule has 2 aromatic carbocycles. The molecule has 0 atom stereocenters. The van der Waals surface area contributed by atoms with Gasteiger partial charge in [-0.3, -0.25) is 0 Å². The largest absolute Gasteiger partial charge is 0.409 e. The van der Waals surface area contributed by atoms with E-state index in [-0.39, 0.29) is 11.7 Å². The fourth-order valence-electron chi connectivity index (χ4n) is 1.54. The lowest BCUT2D eigenvalue weighted by atomic mass is 10.0. The lowest BCUT2D eigenvalue weighted by molar-refractivity contribution is 0.318. The Hall–Kier alpha value is -2.10. The van der Waals surface area contributed by atoms with Crippen molar-refractivity contribution in [2.24, 2.45) is 10.9 Å². The molecule has 2 aromatic rings. The van der Waals surface area contributed by atoms with Crippen LogP contribution in [0, 0.1) is 5.82 Å². The van der Waals surface area contributed by atoms with Crippen molar-refractivity contribution in [3.8, 4) is 0 Å². The minimum absolute atomic E-state index is 0.0220. The SMILES string of the molecule is N/C(=N/O)c1ccc(F)c2ccccc12. The molecule has 0 aromatic heterocycles. The van der Waals surface area contributed by atoms with Crippen LogP contribution in [0.2, 0.25) is 0 Å². The molecule has 0 saturated carbocycles. The molecule has 0 aliphatic carbocycles. The van der Waals surface area contributed by atoms with Gasteiger partial charge < -0.3 is 10.9 Å². The first-order chi connectivity index (χ1) is 7.24. The molecule has 3 N–H and O–H groups in total. The quantitative estimate of drug-likeness (QED) is 0.323. The van der Waals surface area contributed by atoms with Crippen LogP contribution in [0.15, 0.2) is 41.6 Å². The minimum atomic E-state index is -0.319. The van der Waals surface area contributed by atoms with Crippen LogP contribution >= 0.6 is 0 Å². The van der Waals surface area contributed by atoms with Gasteiger partial charge in [0.1, 0.15) is 5.82 Å². The summed E-state index contributed by atoms with van der Waals surface area (Å²) < 4.78 is 13.4. The van der Waals surface area contributed by atoms with E-state index < -0.39 is 0 Å². The maximum Gasteiger partial charge on any atom is 0.170 e. The third kappa shape index (κ3) is 1.50. The highest BCUT2D eigenvalue weighted by Gasteiger charge is 2.07. The monoisotopic (exact) mass is 204 g/mol. The number of hydrogen-bond acceptors (Lipinski definition) is 2. The van der Waals surface area contributed by atoms with Crippen LogP contribution in [-0.2, 0) is 0 Å². The maximum atomic E-state index is 13.4. The van der Waals surface area contributed by atoms with E-state index in [2.05, 4.69) is 5.16 Å². The van der Waals surface area contributed by atoms with Crippen LogP contribution in [0.3, 0.4) is 0 Å². The van der Waals surface area contributed by atoms with Crippen LogP contribution < -0.4 is 5.73 Å². The Morgan fingerprint density at radius 2 is 1.80 bits per heavy atom. The molecule has 15 heavy (non-hydrogen) atoms. The van der Waals surface area contributed by atoms with Crippen LogP contribution in [0.25, 0.3) is 10.8 Å². The van der Waals surface area contributed by atoms with Crippen LogP contribution in [0.1, 0.15) is 5.56 Å². The number of halogens is 1. The molecule has 0 radical (unpaired) electrons. The van der Waals surface area contributed by atoms with Gasteiger partial charge in [-0.1, -0.05) is 29.4 Å². The number of hydrogen-bond donors (Lipinski definition) is 2. The van der Waals surface area contributed by atoms with Crippen molar-refractivity contribution < 1.29 is 9.60 Å². The molecule has 3 nitrogen and oxygen atoms in total. The van der Waals surface area contributed by atoms with Gasteiger partial charge in [-0.2, -0.15) is 0 Å². The van der Waals surface area contributed by atoms with Crippen molar-refractivity contribution in [1.82, 2.24) is 0 Å². The second kappa shape index (κ2) is 3.57. The molecule has 0 bridgehead atoms. The molecule has 4 heteroatoms. The van der Waals surface area contributed by atoms with Gasteiger partial charge in [-0.05, 0) is 17.5 Å². The van der Waals surface area contributed by atoms with E-state index in [1.54, 1.807) is 24.3 Å². The van der Waals surface area contributed by atoms with Crippen molar-refractivity contribution in [3.05, 3.63) is 47.8 Å². The second-order valence-electron chi connectivity index (χ2n) is 3.13. The first-order valence-electron chi connectivity index (χ1n) is 4.39.